The Labute approximate surface area is 201 Å². The van der Waals surface area contributed by atoms with E-state index in [4.69, 9.17) is 4.74 Å². The molecule has 0 saturated heterocycles. The average molecular weight is 458 g/mol. The van der Waals surface area contributed by atoms with Crippen LogP contribution in [0.25, 0.3) is 17.1 Å². The molecule has 0 aliphatic rings. The molecule has 4 aromatic rings. The summed E-state index contributed by atoms with van der Waals surface area (Å²) in [6.07, 6.45) is 0. The van der Waals surface area contributed by atoms with Crippen LogP contribution in [0.15, 0.2) is 84.0 Å². The molecule has 33 heavy (non-hydrogen) atoms. The molecule has 4 nitrogen and oxygen atoms in total. The summed E-state index contributed by atoms with van der Waals surface area (Å²) in [4.78, 5) is 0. The maximum absolute atomic E-state index is 5.65. The zero-order valence-electron chi connectivity index (χ0n) is 19.9. The van der Waals surface area contributed by atoms with Crippen LogP contribution >= 0.6 is 11.8 Å². The summed E-state index contributed by atoms with van der Waals surface area (Å²) >= 11 is 1.71. The van der Waals surface area contributed by atoms with Crippen molar-refractivity contribution < 1.29 is 4.74 Å². The molecule has 4 rings (SSSR count). The predicted octanol–water partition coefficient (Wildman–Crippen LogP) is 7.48. The molecule has 0 saturated carbocycles. The smallest absolute Gasteiger partial charge is 0.196 e. The first-order valence-corrected chi connectivity index (χ1v) is 12.3. The number of rotatable bonds is 7. The number of hydrogen-bond donors (Lipinski definition) is 0. The summed E-state index contributed by atoms with van der Waals surface area (Å²) in [5.41, 5.74) is 4.73. The van der Waals surface area contributed by atoms with Crippen molar-refractivity contribution in [2.75, 3.05) is 6.61 Å². The van der Waals surface area contributed by atoms with Gasteiger partial charge in [-0.15, -0.1) is 10.2 Å². The van der Waals surface area contributed by atoms with Crippen molar-refractivity contribution in [3.05, 3.63) is 90.0 Å². The molecule has 0 radical (unpaired) electrons. The SMILES string of the molecule is CCOc1ccc(-n2c(S[C@H](C)c3ccccc3)nnc2-c2ccc(C(C)(C)C)cc2)cc1. The molecular weight excluding hydrogens is 426 g/mol. The van der Waals surface area contributed by atoms with Crippen LogP contribution in [0, 0.1) is 0 Å². The molecule has 1 heterocycles. The van der Waals surface area contributed by atoms with Crippen LogP contribution in [0.1, 0.15) is 51.0 Å². The second-order valence-electron chi connectivity index (χ2n) is 9.07. The third-order valence-corrected chi connectivity index (χ3v) is 6.70. The van der Waals surface area contributed by atoms with Gasteiger partial charge in [0.15, 0.2) is 11.0 Å². The maximum Gasteiger partial charge on any atom is 0.196 e. The van der Waals surface area contributed by atoms with Gasteiger partial charge in [0.1, 0.15) is 5.75 Å². The Morgan fingerprint density at radius 2 is 1.55 bits per heavy atom. The molecule has 0 N–H and O–H groups in total. The van der Waals surface area contributed by atoms with Crippen molar-refractivity contribution in [1.29, 1.82) is 0 Å². The van der Waals surface area contributed by atoms with Crippen LogP contribution in [0.5, 0.6) is 5.75 Å². The molecular formula is C28H31N3OS. The highest BCUT2D eigenvalue weighted by Crippen LogP contribution is 2.37. The summed E-state index contributed by atoms with van der Waals surface area (Å²) < 4.78 is 7.79. The lowest BCUT2D eigenvalue weighted by atomic mass is 9.87. The van der Waals surface area contributed by atoms with Gasteiger partial charge in [-0.05, 0) is 54.7 Å². The highest BCUT2D eigenvalue weighted by molar-refractivity contribution is 7.99. The van der Waals surface area contributed by atoms with Crippen LogP contribution in [0.2, 0.25) is 0 Å². The highest BCUT2D eigenvalue weighted by Gasteiger charge is 2.20. The Morgan fingerprint density at radius 3 is 2.15 bits per heavy atom. The molecule has 0 unspecified atom stereocenters. The van der Waals surface area contributed by atoms with E-state index in [0.29, 0.717) is 6.61 Å². The van der Waals surface area contributed by atoms with Crippen LogP contribution in [0.3, 0.4) is 0 Å². The quantitative estimate of drug-likeness (QED) is 0.270. The van der Waals surface area contributed by atoms with E-state index in [1.54, 1.807) is 11.8 Å². The van der Waals surface area contributed by atoms with Gasteiger partial charge in [-0.25, -0.2) is 0 Å². The van der Waals surface area contributed by atoms with Gasteiger partial charge in [0.25, 0.3) is 0 Å². The van der Waals surface area contributed by atoms with Crippen molar-refractivity contribution in [3.8, 4) is 22.8 Å². The second kappa shape index (κ2) is 9.84. The lowest BCUT2D eigenvalue weighted by Gasteiger charge is -2.19. The van der Waals surface area contributed by atoms with Gasteiger partial charge in [-0.1, -0.05) is 87.1 Å². The molecule has 0 spiro atoms. The fourth-order valence-corrected chi connectivity index (χ4v) is 4.69. The Bertz CT molecular complexity index is 1180. The summed E-state index contributed by atoms with van der Waals surface area (Å²) in [5, 5.41) is 10.3. The van der Waals surface area contributed by atoms with Crippen molar-refractivity contribution in [2.45, 2.75) is 50.4 Å². The van der Waals surface area contributed by atoms with Crippen LogP contribution < -0.4 is 4.74 Å². The lowest BCUT2D eigenvalue weighted by Crippen LogP contribution is -2.10. The van der Waals surface area contributed by atoms with Gasteiger partial charge in [0.05, 0.1) is 6.61 Å². The average Bonchev–Trinajstić information content (AvgIpc) is 3.23. The van der Waals surface area contributed by atoms with Gasteiger partial charge < -0.3 is 4.74 Å². The van der Waals surface area contributed by atoms with Crippen molar-refractivity contribution in [3.63, 3.8) is 0 Å². The van der Waals surface area contributed by atoms with Gasteiger partial charge in [0, 0.05) is 16.5 Å². The normalized spacial score (nSPS) is 12.5. The van der Waals surface area contributed by atoms with Gasteiger partial charge in [0.2, 0.25) is 0 Å². The van der Waals surface area contributed by atoms with Crippen molar-refractivity contribution in [2.24, 2.45) is 0 Å². The van der Waals surface area contributed by atoms with E-state index in [9.17, 15) is 0 Å². The first-order chi connectivity index (χ1) is 15.9. The minimum absolute atomic E-state index is 0.105. The molecule has 170 valence electrons. The van der Waals surface area contributed by atoms with Gasteiger partial charge >= 0.3 is 0 Å². The summed E-state index contributed by atoms with van der Waals surface area (Å²) in [5.74, 6) is 1.69. The summed E-state index contributed by atoms with van der Waals surface area (Å²) in [7, 11) is 0. The number of ether oxygens (including phenoxy) is 1. The molecule has 1 atom stereocenters. The molecule has 0 fully saturated rings. The van der Waals surface area contributed by atoms with Crippen molar-refractivity contribution >= 4 is 11.8 Å². The molecule has 5 heteroatoms. The van der Waals surface area contributed by atoms with Crippen LogP contribution in [0.4, 0.5) is 0 Å². The van der Waals surface area contributed by atoms with Crippen molar-refractivity contribution in [1.82, 2.24) is 14.8 Å². The largest absolute Gasteiger partial charge is 0.494 e. The molecule has 1 aromatic heterocycles. The summed E-state index contributed by atoms with van der Waals surface area (Å²) in [6, 6.07) is 27.3. The number of nitrogens with zero attached hydrogens (tertiary/aromatic N) is 3. The molecule has 0 bridgehead atoms. The third-order valence-electron chi connectivity index (χ3n) is 5.60. The molecule has 0 aliphatic heterocycles. The van der Waals surface area contributed by atoms with Crippen LogP contribution in [-0.4, -0.2) is 21.4 Å². The fraction of sp³-hybridized carbons (Fsp3) is 0.286. The van der Waals surface area contributed by atoms with E-state index < -0.39 is 0 Å². The summed E-state index contributed by atoms with van der Waals surface area (Å²) in [6.45, 7) is 11.5. The zero-order chi connectivity index (χ0) is 23.4. The minimum atomic E-state index is 0.105. The zero-order valence-corrected chi connectivity index (χ0v) is 20.8. The van der Waals surface area contributed by atoms with Gasteiger partial charge in [-0.2, -0.15) is 0 Å². The number of aromatic nitrogens is 3. The van der Waals surface area contributed by atoms with E-state index in [-0.39, 0.29) is 10.7 Å². The number of thioether (sulfide) groups is 1. The lowest BCUT2D eigenvalue weighted by molar-refractivity contribution is 0.340. The van der Waals surface area contributed by atoms with E-state index in [1.807, 2.05) is 25.1 Å². The molecule has 0 aliphatic carbocycles. The first kappa shape index (κ1) is 23.1. The Hall–Kier alpha value is -3.05. The van der Waals surface area contributed by atoms with E-state index in [2.05, 4.69) is 103 Å². The van der Waals surface area contributed by atoms with E-state index >= 15 is 0 Å². The standard InChI is InChI=1S/C28H31N3OS/c1-6-32-25-18-16-24(17-19-25)31-26(22-12-14-23(15-13-22)28(3,4)5)29-30-27(31)33-20(2)21-10-8-7-9-11-21/h7-20H,6H2,1-5H3/t20-/m1/s1. The Kier molecular flexibility index (Phi) is 6.89. The minimum Gasteiger partial charge on any atom is -0.494 e. The first-order valence-electron chi connectivity index (χ1n) is 11.4. The molecule has 0 amide bonds. The monoisotopic (exact) mass is 457 g/mol. The number of hydrogen-bond acceptors (Lipinski definition) is 4. The second-order valence-corrected chi connectivity index (χ2v) is 10.4. The van der Waals surface area contributed by atoms with Crippen LogP contribution in [-0.2, 0) is 5.41 Å². The predicted molar refractivity (Wildman–Crippen MR) is 137 cm³/mol. The van der Waals surface area contributed by atoms with Gasteiger partial charge in [-0.3, -0.25) is 4.57 Å². The highest BCUT2D eigenvalue weighted by atomic mass is 32.2. The van der Waals surface area contributed by atoms with E-state index in [0.717, 1.165) is 28.0 Å². The fourth-order valence-electron chi connectivity index (χ4n) is 3.69. The molecule has 3 aromatic carbocycles. The maximum atomic E-state index is 5.65. The third kappa shape index (κ3) is 5.31. The number of benzene rings is 3. The van der Waals surface area contributed by atoms with E-state index in [1.165, 1.54) is 11.1 Å². The Morgan fingerprint density at radius 1 is 0.879 bits per heavy atom. The Balaban J connectivity index is 1.75. The topological polar surface area (TPSA) is 39.9 Å².